The molecule has 3 heterocycles. The van der Waals surface area contributed by atoms with Crippen molar-refractivity contribution in [3.8, 4) is 5.95 Å². The molecule has 0 saturated carbocycles. The van der Waals surface area contributed by atoms with Crippen LogP contribution in [0.4, 0.5) is 11.5 Å². The molecule has 0 N–H and O–H groups in total. The van der Waals surface area contributed by atoms with Gasteiger partial charge in [-0.05, 0) is 37.5 Å². The quantitative estimate of drug-likeness (QED) is 0.718. The highest BCUT2D eigenvalue weighted by Gasteiger charge is 2.18. The fourth-order valence-corrected chi connectivity index (χ4v) is 3.60. The maximum atomic E-state index is 6.61. The van der Waals surface area contributed by atoms with Crippen LogP contribution in [0.5, 0.6) is 0 Å². The van der Waals surface area contributed by atoms with Gasteiger partial charge < -0.3 is 9.80 Å². The summed E-state index contributed by atoms with van der Waals surface area (Å²) in [6.45, 7) is 2.10. The Bertz CT molecular complexity index is 884. The third-order valence-electron chi connectivity index (χ3n) is 4.56. The lowest BCUT2D eigenvalue weighted by molar-refractivity contribution is 0.578. The van der Waals surface area contributed by atoms with E-state index in [4.69, 9.17) is 16.6 Å². The van der Waals surface area contributed by atoms with Crippen LogP contribution in [-0.4, -0.2) is 46.9 Å². The molecule has 1 aliphatic rings. The Kier molecular flexibility index (Phi) is 4.21. The number of halogens is 1. The minimum atomic E-state index is 0.544. The fourth-order valence-electron chi connectivity index (χ4n) is 3.32. The molecule has 0 atom stereocenters. The normalized spacial score (nSPS) is 14.9. The average molecular weight is 357 g/mol. The summed E-state index contributed by atoms with van der Waals surface area (Å²) in [5, 5.41) is 5.98. The predicted octanol–water partition coefficient (Wildman–Crippen LogP) is 3.53. The predicted molar refractivity (Wildman–Crippen MR) is 102 cm³/mol. The molecule has 1 saturated heterocycles. The molecule has 7 heteroatoms. The topological polar surface area (TPSA) is 50.1 Å². The minimum absolute atomic E-state index is 0.544. The minimum Gasteiger partial charge on any atom is -0.370 e. The molecule has 0 radical (unpaired) electrons. The Hall–Kier alpha value is -2.34. The van der Waals surface area contributed by atoms with Crippen molar-refractivity contribution in [1.29, 1.82) is 0 Å². The van der Waals surface area contributed by atoms with Crippen LogP contribution in [0.2, 0.25) is 5.02 Å². The number of rotatable bonds is 3. The molecular formula is C18H21ClN6. The van der Waals surface area contributed by atoms with E-state index in [0.717, 1.165) is 40.5 Å². The maximum Gasteiger partial charge on any atom is 0.253 e. The van der Waals surface area contributed by atoms with Crippen molar-refractivity contribution in [2.75, 3.05) is 37.0 Å². The second-order valence-electron chi connectivity index (χ2n) is 6.56. The number of aromatic nitrogens is 4. The van der Waals surface area contributed by atoms with E-state index in [9.17, 15) is 0 Å². The van der Waals surface area contributed by atoms with Crippen LogP contribution >= 0.6 is 11.6 Å². The monoisotopic (exact) mass is 356 g/mol. The van der Waals surface area contributed by atoms with Crippen molar-refractivity contribution in [3.63, 3.8) is 0 Å². The van der Waals surface area contributed by atoms with Crippen molar-refractivity contribution >= 4 is 34.0 Å². The second-order valence-corrected chi connectivity index (χ2v) is 6.97. The highest BCUT2D eigenvalue weighted by atomic mass is 35.5. The molecule has 0 bridgehead atoms. The van der Waals surface area contributed by atoms with Gasteiger partial charge in [0.05, 0.1) is 16.2 Å². The first-order valence-electron chi connectivity index (χ1n) is 8.57. The van der Waals surface area contributed by atoms with Crippen LogP contribution in [0.3, 0.4) is 0 Å². The molecule has 0 spiro atoms. The number of hydrogen-bond acceptors (Lipinski definition) is 5. The molecule has 1 fully saturated rings. The molecular weight excluding hydrogens is 336 g/mol. The molecule has 4 rings (SSSR count). The van der Waals surface area contributed by atoms with E-state index in [0.29, 0.717) is 5.95 Å². The molecule has 0 aliphatic carbocycles. The van der Waals surface area contributed by atoms with Crippen LogP contribution in [0.15, 0.2) is 30.6 Å². The van der Waals surface area contributed by atoms with Gasteiger partial charge in [-0.15, -0.1) is 0 Å². The van der Waals surface area contributed by atoms with Crippen LogP contribution in [-0.2, 0) is 0 Å². The highest BCUT2D eigenvalue weighted by Crippen LogP contribution is 2.35. The van der Waals surface area contributed by atoms with Gasteiger partial charge in [0.2, 0.25) is 0 Å². The van der Waals surface area contributed by atoms with Gasteiger partial charge in [-0.2, -0.15) is 10.1 Å². The Morgan fingerprint density at radius 1 is 1.08 bits per heavy atom. The largest absolute Gasteiger partial charge is 0.370 e. The van der Waals surface area contributed by atoms with Gasteiger partial charge in [-0.1, -0.05) is 11.6 Å². The van der Waals surface area contributed by atoms with E-state index >= 15 is 0 Å². The van der Waals surface area contributed by atoms with E-state index < -0.39 is 0 Å². The van der Waals surface area contributed by atoms with Crippen molar-refractivity contribution in [3.05, 3.63) is 35.6 Å². The van der Waals surface area contributed by atoms with Gasteiger partial charge in [0.25, 0.3) is 5.95 Å². The van der Waals surface area contributed by atoms with Gasteiger partial charge >= 0.3 is 0 Å². The summed E-state index contributed by atoms with van der Waals surface area (Å²) in [7, 11) is 3.98. The molecule has 25 heavy (non-hydrogen) atoms. The molecule has 1 aliphatic heterocycles. The summed E-state index contributed by atoms with van der Waals surface area (Å²) < 4.78 is 1.67. The van der Waals surface area contributed by atoms with Crippen molar-refractivity contribution in [2.45, 2.75) is 19.3 Å². The first-order valence-corrected chi connectivity index (χ1v) is 8.95. The van der Waals surface area contributed by atoms with E-state index in [2.05, 4.69) is 21.0 Å². The molecule has 6 nitrogen and oxygen atoms in total. The van der Waals surface area contributed by atoms with E-state index in [-0.39, 0.29) is 0 Å². The Labute approximate surface area is 152 Å². The number of anilines is 2. The lowest BCUT2D eigenvalue weighted by Crippen LogP contribution is -2.29. The van der Waals surface area contributed by atoms with Gasteiger partial charge in [0, 0.05) is 45.0 Å². The van der Waals surface area contributed by atoms with Crippen molar-refractivity contribution < 1.29 is 0 Å². The zero-order chi connectivity index (χ0) is 17.4. The van der Waals surface area contributed by atoms with Gasteiger partial charge in [0.1, 0.15) is 5.82 Å². The Balaban J connectivity index is 1.89. The Morgan fingerprint density at radius 3 is 2.56 bits per heavy atom. The SMILES string of the molecule is CN(C)c1nc(-n2cccn2)nc2cc(Cl)c(N3CCCCC3)cc12. The summed E-state index contributed by atoms with van der Waals surface area (Å²) in [4.78, 5) is 13.8. The molecule has 0 amide bonds. The summed E-state index contributed by atoms with van der Waals surface area (Å²) in [6, 6.07) is 5.93. The molecule has 1 aromatic carbocycles. The standard InChI is InChI=1S/C18H21ClN6/c1-23(2)17-13-11-16(24-8-4-3-5-9-24)14(19)12-15(13)21-18(22-17)25-10-6-7-20-25/h6-7,10-12H,3-5,8-9H2,1-2H3. The van der Waals surface area contributed by atoms with E-state index in [1.54, 1.807) is 10.9 Å². The number of fused-ring (bicyclic) bond motifs is 1. The average Bonchev–Trinajstić information content (AvgIpc) is 3.15. The van der Waals surface area contributed by atoms with E-state index in [1.165, 1.54) is 19.3 Å². The summed E-state index contributed by atoms with van der Waals surface area (Å²) in [6.07, 6.45) is 7.27. The second kappa shape index (κ2) is 6.52. The summed E-state index contributed by atoms with van der Waals surface area (Å²) in [5.41, 5.74) is 1.90. The van der Waals surface area contributed by atoms with Crippen LogP contribution in [0.1, 0.15) is 19.3 Å². The van der Waals surface area contributed by atoms with Gasteiger partial charge in [-0.3, -0.25) is 0 Å². The van der Waals surface area contributed by atoms with Crippen molar-refractivity contribution in [2.24, 2.45) is 0 Å². The van der Waals surface area contributed by atoms with Crippen LogP contribution < -0.4 is 9.80 Å². The lowest BCUT2D eigenvalue weighted by Gasteiger charge is -2.30. The molecule has 130 valence electrons. The molecule has 0 unspecified atom stereocenters. The summed E-state index contributed by atoms with van der Waals surface area (Å²) in [5.74, 6) is 1.41. The summed E-state index contributed by atoms with van der Waals surface area (Å²) >= 11 is 6.61. The van der Waals surface area contributed by atoms with Crippen LogP contribution in [0.25, 0.3) is 16.9 Å². The number of piperidine rings is 1. The lowest BCUT2D eigenvalue weighted by atomic mass is 10.1. The zero-order valence-corrected chi connectivity index (χ0v) is 15.2. The highest BCUT2D eigenvalue weighted by molar-refractivity contribution is 6.34. The first kappa shape index (κ1) is 16.1. The third-order valence-corrected chi connectivity index (χ3v) is 4.86. The maximum absolute atomic E-state index is 6.61. The number of benzene rings is 1. The van der Waals surface area contributed by atoms with Gasteiger partial charge in [-0.25, -0.2) is 9.67 Å². The Morgan fingerprint density at radius 2 is 1.88 bits per heavy atom. The first-order chi connectivity index (χ1) is 12.1. The smallest absolute Gasteiger partial charge is 0.253 e. The fraction of sp³-hybridized carbons (Fsp3) is 0.389. The number of hydrogen-bond donors (Lipinski definition) is 0. The van der Waals surface area contributed by atoms with Crippen LogP contribution in [0, 0.1) is 0 Å². The third kappa shape index (κ3) is 3.02. The molecule has 2 aromatic heterocycles. The van der Waals surface area contributed by atoms with Crippen molar-refractivity contribution in [1.82, 2.24) is 19.7 Å². The van der Waals surface area contributed by atoms with Gasteiger partial charge in [0.15, 0.2) is 0 Å². The zero-order valence-electron chi connectivity index (χ0n) is 14.5. The molecule has 3 aromatic rings. The van der Waals surface area contributed by atoms with E-state index in [1.807, 2.05) is 37.3 Å². The number of nitrogens with zero attached hydrogens (tertiary/aromatic N) is 6.